The van der Waals surface area contributed by atoms with Gasteiger partial charge in [-0.1, -0.05) is 23.7 Å². The molecular weight excluding hydrogens is 330 g/mol. The topological polar surface area (TPSA) is 80.3 Å². The van der Waals surface area contributed by atoms with Gasteiger partial charge in [-0.3, -0.25) is 4.79 Å². The maximum atomic E-state index is 12.2. The van der Waals surface area contributed by atoms with Gasteiger partial charge in [0, 0.05) is 6.20 Å². The Morgan fingerprint density at radius 1 is 1.33 bits per heavy atom. The molecule has 24 heavy (non-hydrogen) atoms. The minimum Gasteiger partial charge on any atom is -0.466 e. The largest absolute Gasteiger partial charge is 0.466 e. The molecule has 3 aromatic rings. The summed E-state index contributed by atoms with van der Waals surface area (Å²) in [6, 6.07) is 12.1. The summed E-state index contributed by atoms with van der Waals surface area (Å²) >= 11 is 6.12. The fourth-order valence-corrected chi connectivity index (χ4v) is 2.45. The van der Waals surface area contributed by atoms with Crippen molar-refractivity contribution in [2.75, 3.05) is 6.54 Å². The van der Waals surface area contributed by atoms with Crippen LogP contribution in [0.25, 0.3) is 5.69 Å². The molecule has 7 heteroatoms. The molecule has 0 spiro atoms. The Bertz CT molecular complexity index is 840. The lowest BCUT2D eigenvalue weighted by Gasteiger charge is -2.20. The predicted molar refractivity (Wildman–Crippen MR) is 89.2 cm³/mol. The van der Waals surface area contributed by atoms with Gasteiger partial charge in [0.25, 0.3) is 5.91 Å². The molecule has 1 aromatic carbocycles. The van der Waals surface area contributed by atoms with Crippen LogP contribution in [0, 0.1) is 0 Å². The van der Waals surface area contributed by atoms with Crippen LogP contribution < -0.4 is 5.32 Å². The number of hydrogen-bond acceptors (Lipinski definition) is 4. The highest BCUT2D eigenvalue weighted by Gasteiger charge is 2.27. The Morgan fingerprint density at radius 2 is 2.12 bits per heavy atom. The summed E-state index contributed by atoms with van der Waals surface area (Å²) in [4.78, 5) is 12.2. The molecule has 1 atom stereocenters. The Morgan fingerprint density at radius 3 is 2.83 bits per heavy atom. The quantitative estimate of drug-likeness (QED) is 0.745. The number of aromatic nitrogens is 2. The summed E-state index contributed by atoms with van der Waals surface area (Å²) < 4.78 is 6.71. The van der Waals surface area contributed by atoms with Crippen LogP contribution >= 0.6 is 11.6 Å². The van der Waals surface area contributed by atoms with Gasteiger partial charge in [0.2, 0.25) is 0 Å². The second kappa shape index (κ2) is 6.51. The van der Waals surface area contributed by atoms with E-state index in [4.69, 9.17) is 16.0 Å². The average molecular weight is 346 g/mol. The fraction of sp³-hybridized carbons (Fsp3) is 0.176. The number of para-hydroxylation sites is 1. The van der Waals surface area contributed by atoms with Gasteiger partial charge in [0.1, 0.15) is 11.4 Å². The van der Waals surface area contributed by atoms with E-state index in [0.29, 0.717) is 16.5 Å². The van der Waals surface area contributed by atoms with Crippen LogP contribution in [0.1, 0.15) is 23.2 Å². The van der Waals surface area contributed by atoms with Crippen molar-refractivity contribution in [1.29, 1.82) is 0 Å². The normalized spacial score (nSPS) is 13.5. The number of carbonyl (C=O) groups is 1. The van der Waals surface area contributed by atoms with Crippen molar-refractivity contribution in [1.82, 2.24) is 15.1 Å². The van der Waals surface area contributed by atoms with Crippen LogP contribution in [0.3, 0.4) is 0 Å². The van der Waals surface area contributed by atoms with Gasteiger partial charge in [-0.2, -0.15) is 5.10 Å². The lowest BCUT2D eigenvalue weighted by molar-refractivity contribution is 0.0329. The molecule has 0 aliphatic rings. The third-order valence-corrected chi connectivity index (χ3v) is 3.89. The Balaban J connectivity index is 1.70. The van der Waals surface area contributed by atoms with Gasteiger partial charge in [-0.25, -0.2) is 4.68 Å². The molecule has 0 fully saturated rings. The predicted octanol–water partition coefficient (Wildman–Crippen LogP) is 2.76. The smallest absolute Gasteiger partial charge is 0.271 e. The monoisotopic (exact) mass is 345 g/mol. The summed E-state index contributed by atoms with van der Waals surface area (Å²) in [6.45, 7) is 1.56. The van der Waals surface area contributed by atoms with Crippen LogP contribution in [0.5, 0.6) is 0 Å². The second-order valence-corrected chi connectivity index (χ2v) is 5.94. The molecule has 0 aliphatic heterocycles. The van der Waals surface area contributed by atoms with Crippen molar-refractivity contribution in [2.45, 2.75) is 12.5 Å². The van der Waals surface area contributed by atoms with E-state index < -0.39 is 11.5 Å². The van der Waals surface area contributed by atoms with Crippen LogP contribution in [0.15, 0.2) is 59.3 Å². The van der Waals surface area contributed by atoms with Crippen LogP contribution in [0.2, 0.25) is 5.02 Å². The van der Waals surface area contributed by atoms with E-state index in [1.54, 1.807) is 43.5 Å². The Hall–Kier alpha value is -2.57. The molecule has 2 N–H and O–H groups in total. The highest BCUT2D eigenvalue weighted by atomic mass is 35.5. The first-order valence-corrected chi connectivity index (χ1v) is 7.70. The number of nitrogens with zero attached hydrogens (tertiary/aromatic N) is 2. The number of furan rings is 1. The van der Waals surface area contributed by atoms with E-state index in [2.05, 4.69) is 10.4 Å². The van der Waals surface area contributed by atoms with Crippen molar-refractivity contribution in [3.63, 3.8) is 0 Å². The minimum absolute atomic E-state index is 0.00169. The standard InChI is InChI=1S/C17H16ClN3O3/c1-17(23,15-7-4-10-24-15)11-19-16(22)13-8-9-21(20-13)14-6-3-2-5-12(14)18/h2-10,23H,11H2,1H3,(H,19,22). The third-order valence-electron chi connectivity index (χ3n) is 3.57. The Kier molecular flexibility index (Phi) is 4.42. The van der Waals surface area contributed by atoms with Gasteiger partial charge in [0.15, 0.2) is 5.69 Å². The Labute approximate surface area is 143 Å². The number of nitrogens with one attached hydrogen (secondary N) is 1. The zero-order chi connectivity index (χ0) is 17.2. The van der Waals surface area contributed by atoms with E-state index >= 15 is 0 Å². The SMILES string of the molecule is CC(O)(CNC(=O)c1ccn(-c2ccccc2Cl)n1)c1ccco1. The van der Waals surface area contributed by atoms with E-state index in [9.17, 15) is 9.90 Å². The van der Waals surface area contributed by atoms with Crippen LogP contribution in [0.4, 0.5) is 0 Å². The van der Waals surface area contributed by atoms with Gasteiger partial charge < -0.3 is 14.8 Å². The lowest BCUT2D eigenvalue weighted by atomic mass is 10.0. The van der Waals surface area contributed by atoms with Crippen molar-refractivity contribution in [2.24, 2.45) is 0 Å². The van der Waals surface area contributed by atoms with Gasteiger partial charge in [-0.15, -0.1) is 0 Å². The van der Waals surface area contributed by atoms with E-state index in [-0.39, 0.29) is 12.2 Å². The number of benzene rings is 1. The van der Waals surface area contributed by atoms with Crippen molar-refractivity contribution < 1.29 is 14.3 Å². The lowest BCUT2D eigenvalue weighted by Crippen LogP contribution is -2.38. The number of aliphatic hydroxyl groups is 1. The van der Waals surface area contributed by atoms with Crippen molar-refractivity contribution in [3.8, 4) is 5.69 Å². The number of halogens is 1. The first-order chi connectivity index (χ1) is 11.5. The molecular formula is C17H16ClN3O3. The summed E-state index contributed by atoms with van der Waals surface area (Å²) in [5, 5.41) is 17.7. The number of carbonyl (C=O) groups excluding carboxylic acids is 1. The van der Waals surface area contributed by atoms with Gasteiger partial charge in [0.05, 0.1) is 23.5 Å². The average Bonchev–Trinajstić information content (AvgIpc) is 3.25. The molecule has 0 bridgehead atoms. The maximum Gasteiger partial charge on any atom is 0.271 e. The minimum atomic E-state index is -1.30. The van der Waals surface area contributed by atoms with Gasteiger partial charge in [-0.05, 0) is 37.3 Å². The summed E-state index contributed by atoms with van der Waals surface area (Å²) in [5.41, 5.74) is -0.393. The summed E-state index contributed by atoms with van der Waals surface area (Å²) in [6.07, 6.45) is 3.12. The summed E-state index contributed by atoms with van der Waals surface area (Å²) in [5.74, 6) is -0.0166. The fourth-order valence-electron chi connectivity index (χ4n) is 2.23. The third kappa shape index (κ3) is 3.34. The molecule has 2 heterocycles. The molecule has 1 unspecified atom stereocenters. The summed E-state index contributed by atoms with van der Waals surface area (Å²) in [7, 11) is 0. The van der Waals surface area contributed by atoms with Gasteiger partial charge >= 0.3 is 0 Å². The van der Waals surface area contributed by atoms with E-state index in [1.165, 1.54) is 10.9 Å². The molecule has 1 amide bonds. The number of amides is 1. The van der Waals surface area contributed by atoms with Crippen molar-refractivity contribution in [3.05, 3.63) is 71.4 Å². The molecule has 0 saturated heterocycles. The molecule has 124 valence electrons. The molecule has 0 aliphatic carbocycles. The highest BCUT2D eigenvalue weighted by molar-refractivity contribution is 6.32. The number of hydrogen-bond donors (Lipinski definition) is 2. The molecule has 6 nitrogen and oxygen atoms in total. The first-order valence-electron chi connectivity index (χ1n) is 7.32. The van der Waals surface area contributed by atoms with Crippen molar-refractivity contribution >= 4 is 17.5 Å². The zero-order valence-corrected chi connectivity index (χ0v) is 13.7. The van der Waals surface area contributed by atoms with E-state index in [0.717, 1.165) is 0 Å². The highest BCUT2D eigenvalue weighted by Crippen LogP contribution is 2.21. The molecule has 2 aromatic heterocycles. The molecule has 0 radical (unpaired) electrons. The van der Waals surface area contributed by atoms with E-state index in [1.807, 2.05) is 12.1 Å². The first kappa shape index (κ1) is 16.3. The second-order valence-electron chi connectivity index (χ2n) is 5.53. The zero-order valence-electron chi connectivity index (χ0n) is 12.9. The molecule has 0 saturated carbocycles. The van der Waals surface area contributed by atoms with Crippen LogP contribution in [-0.4, -0.2) is 27.3 Å². The maximum absolute atomic E-state index is 12.2. The van der Waals surface area contributed by atoms with Crippen LogP contribution in [-0.2, 0) is 5.60 Å². The molecule has 3 rings (SSSR count). The number of rotatable bonds is 5.